The number of ketones is 1. The minimum absolute atomic E-state index is 0.0713. The first kappa shape index (κ1) is 20.7. The van der Waals surface area contributed by atoms with Gasteiger partial charge in [0, 0.05) is 11.1 Å². The maximum atomic E-state index is 14.8. The number of hydrogen-bond donors (Lipinski definition) is 1. The first-order chi connectivity index (χ1) is 14.9. The van der Waals surface area contributed by atoms with Crippen LogP contribution in [-0.4, -0.2) is 33.6 Å². The highest BCUT2D eigenvalue weighted by atomic mass is 32.1. The number of benzene rings is 2. The molecule has 1 amide bonds. The number of amides is 1. The summed E-state index contributed by atoms with van der Waals surface area (Å²) >= 11 is 1.10. The lowest BCUT2D eigenvalue weighted by molar-refractivity contribution is -0.132. The van der Waals surface area contributed by atoms with Crippen LogP contribution in [-0.2, 0) is 9.59 Å². The highest BCUT2D eigenvalue weighted by Crippen LogP contribution is 2.43. The van der Waals surface area contributed by atoms with E-state index >= 15 is 0 Å². The van der Waals surface area contributed by atoms with Crippen LogP contribution >= 0.6 is 11.3 Å². The second kappa shape index (κ2) is 8.27. The van der Waals surface area contributed by atoms with Gasteiger partial charge in [-0.25, -0.2) is 4.39 Å². The summed E-state index contributed by atoms with van der Waals surface area (Å²) in [5.41, 5.74) is 0.158. The number of aliphatic hydroxyl groups excluding tert-OH is 1. The number of rotatable bonds is 5. The number of carbonyl (C=O) groups is 2. The molecular formula is C22H18FN3O4S. The van der Waals surface area contributed by atoms with Gasteiger partial charge in [-0.05, 0) is 44.2 Å². The monoisotopic (exact) mass is 439 g/mol. The van der Waals surface area contributed by atoms with Gasteiger partial charge in [-0.15, -0.1) is 10.2 Å². The fraction of sp³-hybridized carbons (Fsp3) is 0.182. The molecule has 4 rings (SSSR count). The summed E-state index contributed by atoms with van der Waals surface area (Å²) in [5, 5.41) is 19.6. The van der Waals surface area contributed by atoms with Gasteiger partial charge in [0.1, 0.15) is 28.4 Å². The predicted octanol–water partition coefficient (Wildman–Crippen LogP) is 4.01. The van der Waals surface area contributed by atoms with Crippen molar-refractivity contribution in [2.75, 3.05) is 11.5 Å². The van der Waals surface area contributed by atoms with Crippen molar-refractivity contribution >= 4 is 33.9 Å². The lowest BCUT2D eigenvalue weighted by Crippen LogP contribution is -2.29. The fourth-order valence-electron chi connectivity index (χ4n) is 3.44. The maximum absolute atomic E-state index is 14.8. The highest BCUT2D eigenvalue weighted by Gasteiger charge is 2.49. The van der Waals surface area contributed by atoms with Crippen molar-refractivity contribution in [2.45, 2.75) is 19.9 Å². The number of ether oxygens (including phenoxy) is 1. The van der Waals surface area contributed by atoms with Gasteiger partial charge >= 0.3 is 5.91 Å². The van der Waals surface area contributed by atoms with Crippen LogP contribution in [0.25, 0.3) is 5.76 Å². The SMILES string of the molecule is CCOc1ccc(C(O)=C2C(=O)C(=O)N(c3nnc(C)s3)[C@@H]2c2ccccc2F)cc1. The number of Topliss-reactive ketones (excluding diaryl/α,β-unsaturated/α-hetero) is 1. The molecule has 1 saturated heterocycles. The number of aryl methyl sites for hydroxylation is 1. The number of anilines is 1. The molecule has 0 bridgehead atoms. The zero-order valence-electron chi connectivity index (χ0n) is 16.7. The maximum Gasteiger partial charge on any atom is 0.301 e. The molecule has 0 radical (unpaired) electrons. The Bertz CT molecular complexity index is 1190. The van der Waals surface area contributed by atoms with Crippen molar-refractivity contribution in [1.82, 2.24) is 10.2 Å². The molecule has 0 aliphatic carbocycles. The number of aliphatic hydroxyl groups is 1. The Hall–Kier alpha value is -3.59. The van der Waals surface area contributed by atoms with E-state index in [1.165, 1.54) is 18.2 Å². The topological polar surface area (TPSA) is 92.6 Å². The Kier molecular flexibility index (Phi) is 5.51. The Morgan fingerprint density at radius 2 is 1.87 bits per heavy atom. The summed E-state index contributed by atoms with van der Waals surface area (Å²) in [6.45, 7) is 4.03. The average Bonchev–Trinajstić information content (AvgIpc) is 3.29. The van der Waals surface area contributed by atoms with Gasteiger partial charge in [-0.1, -0.05) is 29.5 Å². The van der Waals surface area contributed by atoms with Crippen molar-refractivity contribution in [2.24, 2.45) is 0 Å². The van der Waals surface area contributed by atoms with Crippen LogP contribution in [0.4, 0.5) is 9.52 Å². The van der Waals surface area contributed by atoms with Gasteiger partial charge < -0.3 is 9.84 Å². The van der Waals surface area contributed by atoms with Crippen molar-refractivity contribution in [3.8, 4) is 5.75 Å². The molecule has 1 fully saturated rings. The lowest BCUT2D eigenvalue weighted by atomic mass is 9.95. The third kappa shape index (κ3) is 3.68. The molecular weight excluding hydrogens is 421 g/mol. The molecule has 0 saturated carbocycles. The standard InChI is InChI=1S/C22H18FN3O4S/c1-3-30-14-10-8-13(9-11-14)19(27)17-18(15-6-4-5-7-16(15)23)26(21(29)20(17)28)22-25-24-12(2)31-22/h4-11,18,27H,3H2,1-2H3/t18-/m1/s1. The second-order valence-corrected chi connectivity index (χ2v) is 7.91. The summed E-state index contributed by atoms with van der Waals surface area (Å²) in [5.74, 6) is -2.25. The fourth-order valence-corrected chi connectivity index (χ4v) is 4.15. The quantitative estimate of drug-likeness (QED) is 0.367. The van der Waals surface area contributed by atoms with E-state index in [1.807, 2.05) is 6.92 Å². The molecule has 0 spiro atoms. The molecule has 1 atom stereocenters. The number of aromatic nitrogens is 2. The minimum Gasteiger partial charge on any atom is -0.507 e. The molecule has 1 aliphatic heterocycles. The van der Waals surface area contributed by atoms with Crippen molar-refractivity contribution in [1.29, 1.82) is 0 Å². The van der Waals surface area contributed by atoms with E-state index < -0.39 is 29.3 Å². The Morgan fingerprint density at radius 3 is 2.48 bits per heavy atom. The first-order valence-corrected chi connectivity index (χ1v) is 10.3. The third-order valence-corrected chi connectivity index (χ3v) is 5.64. The molecule has 1 aliphatic rings. The first-order valence-electron chi connectivity index (χ1n) is 9.51. The number of halogens is 1. The largest absolute Gasteiger partial charge is 0.507 e. The molecule has 158 valence electrons. The molecule has 7 nitrogen and oxygen atoms in total. The molecule has 9 heteroatoms. The van der Waals surface area contributed by atoms with Gasteiger partial charge in [0.05, 0.1) is 12.2 Å². The minimum atomic E-state index is -1.18. The van der Waals surface area contributed by atoms with E-state index in [0.29, 0.717) is 22.9 Å². The van der Waals surface area contributed by atoms with Crippen LogP contribution < -0.4 is 9.64 Å². The molecule has 31 heavy (non-hydrogen) atoms. The molecule has 3 aromatic rings. The molecule has 2 aromatic carbocycles. The zero-order valence-corrected chi connectivity index (χ0v) is 17.5. The van der Waals surface area contributed by atoms with E-state index in [9.17, 15) is 19.1 Å². The Balaban J connectivity index is 1.90. The summed E-state index contributed by atoms with van der Waals surface area (Å²) in [6.07, 6.45) is 0. The van der Waals surface area contributed by atoms with Crippen molar-refractivity contribution < 1.29 is 23.8 Å². The number of hydrogen-bond acceptors (Lipinski definition) is 7. The summed E-state index contributed by atoms with van der Waals surface area (Å²) in [4.78, 5) is 27.0. The second-order valence-electron chi connectivity index (χ2n) is 6.75. The van der Waals surface area contributed by atoms with E-state index in [1.54, 1.807) is 37.3 Å². The van der Waals surface area contributed by atoms with Gasteiger partial charge in [0.2, 0.25) is 5.13 Å². The molecule has 2 heterocycles. The van der Waals surface area contributed by atoms with Crippen LogP contribution in [0.5, 0.6) is 5.75 Å². The van der Waals surface area contributed by atoms with Crippen LogP contribution in [0.2, 0.25) is 0 Å². The predicted molar refractivity (Wildman–Crippen MR) is 113 cm³/mol. The van der Waals surface area contributed by atoms with Gasteiger partial charge in [-0.2, -0.15) is 0 Å². The smallest absolute Gasteiger partial charge is 0.301 e. The van der Waals surface area contributed by atoms with E-state index in [0.717, 1.165) is 16.2 Å². The highest BCUT2D eigenvalue weighted by molar-refractivity contribution is 7.15. The molecule has 1 aromatic heterocycles. The Labute approximate surface area is 181 Å². The van der Waals surface area contributed by atoms with Crippen LogP contribution in [0.1, 0.15) is 29.1 Å². The zero-order chi connectivity index (χ0) is 22.1. The van der Waals surface area contributed by atoms with Crippen LogP contribution in [0, 0.1) is 12.7 Å². The van der Waals surface area contributed by atoms with E-state index in [-0.39, 0.29) is 16.3 Å². The number of carbonyl (C=O) groups excluding carboxylic acids is 2. The van der Waals surface area contributed by atoms with Crippen molar-refractivity contribution in [3.05, 3.63) is 76.1 Å². The molecule has 0 unspecified atom stereocenters. The lowest BCUT2D eigenvalue weighted by Gasteiger charge is -2.22. The molecule has 1 N–H and O–H groups in total. The third-order valence-electron chi connectivity index (χ3n) is 4.80. The van der Waals surface area contributed by atoms with Crippen LogP contribution in [0.3, 0.4) is 0 Å². The summed E-state index contributed by atoms with van der Waals surface area (Å²) in [7, 11) is 0. The van der Waals surface area contributed by atoms with Crippen LogP contribution in [0.15, 0.2) is 54.1 Å². The average molecular weight is 439 g/mol. The normalized spacial score (nSPS) is 17.9. The van der Waals surface area contributed by atoms with E-state index in [4.69, 9.17) is 4.74 Å². The van der Waals surface area contributed by atoms with Gasteiger partial charge in [0.25, 0.3) is 5.78 Å². The number of nitrogens with zero attached hydrogens (tertiary/aromatic N) is 3. The Morgan fingerprint density at radius 1 is 1.16 bits per heavy atom. The van der Waals surface area contributed by atoms with Crippen molar-refractivity contribution in [3.63, 3.8) is 0 Å². The summed E-state index contributed by atoms with van der Waals surface area (Å²) in [6, 6.07) is 11.0. The van der Waals surface area contributed by atoms with Gasteiger partial charge in [0.15, 0.2) is 0 Å². The van der Waals surface area contributed by atoms with Gasteiger partial charge in [-0.3, -0.25) is 14.5 Å². The van der Waals surface area contributed by atoms with E-state index in [2.05, 4.69) is 10.2 Å². The summed E-state index contributed by atoms with van der Waals surface area (Å²) < 4.78 is 20.2.